The number of nitrogens with zero attached hydrogens (tertiary/aromatic N) is 3. The van der Waals surface area contributed by atoms with Gasteiger partial charge in [-0.25, -0.2) is 4.68 Å². The van der Waals surface area contributed by atoms with E-state index in [1.165, 1.54) is 13.2 Å². The highest BCUT2D eigenvalue weighted by molar-refractivity contribution is 6.33. The molecule has 0 aliphatic rings. The summed E-state index contributed by atoms with van der Waals surface area (Å²) < 4.78 is 8.90. The Balaban J connectivity index is 1.39. The monoisotopic (exact) mass is 449 g/mol. The molecule has 2 heterocycles. The molecule has 8 nitrogen and oxygen atoms in total. The summed E-state index contributed by atoms with van der Waals surface area (Å²) in [6.07, 6.45) is 7.20. The molecular formula is C23H20ClN5O3. The van der Waals surface area contributed by atoms with Crippen LogP contribution in [0.2, 0.25) is 5.02 Å². The highest BCUT2D eigenvalue weighted by Crippen LogP contribution is 2.30. The molecule has 0 fully saturated rings. The van der Waals surface area contributed by atoms with Gasteiger partial charge in [0.05, 0.1) is 35.6 Å². The maximum atomic E-state index is 12.7. The number of methoxy groups -OCH3 is 1. The summed E-state index contributed by atoms with van der Waals surface area (Å²) in [4.78, 5) is 24.9. The highest BCUT2D eigenvalue weighted by Gasteiger charge is 2.17. The third-order valence-corrected chi connectivity index (χ3v) is 5.03. The van der Waals surface area contributed by atoms with E-state index in [0.29, 0.717) is 22.1 Å². The molecular weight excluding hydrogens is 430 g/mol. The van der Waals surface area contributed by atoms with Gasteiger partial charge >= 0.3 is 0 Å². The van der Waals surface area contributed by atoms with Crippen molar-refractivity contribution >= 4 is 29.1 Å². The molecule has 2 N–H and O–H groups in total. The fraction of sp³-hybridized carbons (Fsp3) is 0.0870. The maximum Gasteiger partial charge on any atom is 0.255 e. The number of ether oxygens (including phenoxy) is 1. The molecule has 32 heavy (non-hydrogen) atoms. The minimum absolute atomic E-state index is 0.208. The second kappa shape index (κ2) is 9.40. The first kappa shape index (κ1) is 21.2. The molecule has 4 aromatic rings. The molecule has 0 spiro atoms. The number of hydrogen-bond acceptors (Lipinski definition) is 4. The predicted molar refractivity (Wildman–Crippen MR) is 122 cm³/mol. The number of aromatic nitrogens is 3. The summed E-state index contributed by atoms with van der Waals surface area (Å²) in [7, 11) is 1.47. The third kappa shape index (κ3) is 4.65. The van der Waals surface area contributed by atoms with Crippen LogP contribution in [-0.2, 0) is 4.79 Å². The van der Waals surface area contributed by atoms with E-state index in [-0.39, 0.29) is 18.0 Å². The SMILES string of the molecule is COc1cc(-n2cccc2)c(Cl)cc1C(=O)NCC(=O)Nc1ccc(-n2cccn2)cc1. The first-order valence-electron chi connectivity index (χ1n) is 9.74. The Labute approximate surface area is 189 Å². The summed E-state index contributed by atoms with van der Waals surface area (Å²) in [6, 6.07) is 16.0. The zero-order valence-corrected chi connectivity index (χ0v) is 17.9. The molecule has 0 aliphatic carbocycles. The van der Waals surface area contributed by atoms with Gasteiger partial charge in [-0.15, -0.1) is 0 Å². The van der Waals surface area contributed by atoms with Crippen LogP contribution < -0.4 is 15.4 Å². The van der Waals surface area contributed by atoms with Crippen molar-refractivity contribution in [2.45, 2.75) is 0 Å². The number of rotatable bonds is 7. The molecule has 0 atom stereocenters. The number of benzene rings is 2. The highest BCUT2D eigenvalue weighted by atomic mass is 35.5. The van der Waals surface area contributed by atoms with Crippen molar-refractivity contribution in [3.05, 3.63) is 90.0 Å². The molecule has 4 rings (SSSR count). The first-order valence-corrected chi connectivity index (χ1v) is 10.1. The molecule has 162 valence electrons. The van der Waals surface area contributed by atoms with E-state index in [1.54, 1.807) is 29.1 Å². The largest absolute Gasteiger partial charge is 0.496 e. The van der Waals surface area contributed by atoms with Crippen LogP contribution in [0, 0.1) is 0 Å². The van der Waals surface area contributed by atoms with Crippen molar-refractivity contribution in [1.29, 1.82) is 0 Å². The first-order chi connectivity index (χ1) is 15.5. The van der Waals surface area contributed by atoms with Crippen molar-refractivity contribution in [2.24, 2.45) is 0 Å². The molecule has 0 aliphatic heterocycles. The van der Waals surface area contributed by atoms with Crippen LogP contribution >= 0.6 is 11.6 Å². The van der Waals surface area contributed by atoms with Crippen LogP contribution in [-0.4, -0.2) is 39.8 Å². The smallest absolute Gasteiger partial charge is 0.255 e. The summed E-state index contributed by atoms with van der Waals surface area (Å²) in [6.45, 7) is -0.208. The lowest BCUT2D eigenvalue weighted by Crippen LogP contribution is -2.33. The molecule has 2 amide bonds. The molecule has 2 aromatic heterocycles. The number of nitrogens with one attached hydrogen (secondary N) is 2. The Morgan fingerprint density at radius 1 is 1.06 bits per heavy atom. The third-order valence-electron chi connectivity index (χ3n) is 4.73. The Morgan fingerprint density at radius 2 is 1.81 bits per heavy atom. The number of hydrogen-bond donors (Lipinski definition) is 2. The second-order valence-corrected chi connectivity index (χ2v) is 7.23. The van der Waals surface area contributed by atoms with Gasteiger partial charge in [0.2, 0.25) is 5.91 Å². The molecule has 2 aromatic carbocycles. The Kier molecular flexibility index (Phi) is 6.23. The van der Waals surface area contributed by atoms with E-state index in [0.717, 1.165) is 5.69 Å². The molecule has 9 heteroatoms. The van der Waals surface area contributed by atoms with Crippen molar-refractivity contribution in [3.8, 4) is 17.1 Å². The van der Waals surface area contributed by atoms with Crippen molar-refractivity contribution in [2.75, 3.05) is 19.0 Å². The van der Waals surface area contributed by atoms with Gasteiger partial charge in [0, 0.05) is 36.5 Å². The molecule has 0 saturated carbocycles. The Hall–Kier alpha value is -4.04. The lowest BCUT2D eigenvalue weighted by Gasteiger charge is -2.14. The van der Waals surface area contributed by atoms with Gasteiger partial charge < -0.3 is 19.9 Å². The van der Waals surface area contributed by atoms with E-state index in [1.807, 2.05) is 53.5 Å². The van der Waals surface area contributed by atoms with Gasteiger partial charge in [-0.1, -0.05) is 11.6 Å². The quantitative estimate of drug-likeness (QED) is 0.450. The summed E-state index contributed by atoms with van der Waals surface area (Å²) >= 11 is 6.37. The van der Waals surface area contributed by atoms with Crippen LogP contribution in [0.25, 0.3) is 11.4 Å². The Morgan fingerprint density at radius 3 is 2.47 bits per heavy atom. The molecule has 0 bridgehead atoms. The van der Waals surface area contributed by atoms with E-state index < -0.39 is 5.91 Å². The average molecular weight is 450 g/mol. The molecule has 0 radical (unpaired) electrons. The topological polar surface area (TPSA) is 90.2 Å². The van der Waals surface area contributed by atoms with E-state index in [9.17, 15) is 9.59 Å². The summed E-state index contributed by atoms with van der Waals surface area (Å²) in [5, 5.41) is 9.88. The van der Waals surface area contributed by atoms with Gasteiger partial charge in [-0.3, -0.25) is 9.59 Å². The van der Waals surface area contributed by atoms with Crippen molar-refractivity contribution in [3.63, 3.8) is 0 Å². The molecule has 0 saturated heterocycles. The van der Waals surface area contributed by atoms with Crippen LogP contribution in [0.3, 0.4) is 0 Å². The number of carbonyl (C=O) groups excluding carboxylic acids is 2. The van der Waals surface area contributed by atoms with Crippen molar-refractivity contribution in [1.82, 2.24) is 19.7 Å². The normalized spacial score (nSPS) is 10.6. The number of anilines is 1. The predicted octanol–water partition coefficient (Wildman–Crippen LogP) is 3.69. The fourth-order valence-electron chi connectivity index (χ4n) is 3.16. The lowest BCUT2D eigenvalue weighted by atomic mass is 10.1. The average Bonchev–Trinajstić information content (AvgIpc) is 3.52. The van der Waals surface area contributed by atoms with Gasteiger partial charge in [-0.05, 0) is 48.5 Å². The maximum absolute atomic E-state index is 12.7. The van der Waals surface area contributed by atoms with Crippen LogP contribution in [0.5, 0.6) is 5.75 Å². The van der Waals surface area contributed by atoms with Crippen molar-refractivity contribution < 1.29 is 14.3 Å². The number of amides is 2. The lowest BCUT2D eigenvalue weighted by molar-refractivity contribution is -0.115. The summed E-state index contributed by atoms with van der Waals surface area (Å²) in [5.41, 5.74) is 2.40. The molecule has 0 unspecified atom stereocenters. The summed E-state index contributed by atoms with van der Waals surface area (Å²) in [5.74, 6) is -0.476. The van der Waals surface area contributed by atoms with Gasteiger partial charge in [-0.2, -0.15) is 5.10 Å². The van der Waals surface area contributed by atoms with Gasteiger partial charge in [0.25, 0.3) is 5.91 Å². The fourth-order valence-corrected chi connectivity index (χ4v) is 3.42. The van der Waals surface area contributed by atoms with Gasteiger partial charge in [0.15, 0.2) is 0 Å². The van der Waals surface area contributed by atoms with Crippen LogP contribution in [0.15, 0.2) is 79.4 Å². The minimum Gasteiger partial charge on any atom is -0.496 e. The van der Waals surface area contributed by atoms with Gasteiger partial charge in [0.1, 0.15) is 5.75 Å². The number of halogens is 1. The Bertz CT molecular complexity index is 1220. The van der Waals surface area contributed by atoms with E-state index >= 15 is 0 Å². The second-order valence-electron chi connectivity index (χ2n) is 6.82. The van der Waals surface area contributed by atoms with E-state index in [2.05, 4.69) is 15.7 Å². The van der Waals surface area contributed by atoms with Crippen LogP contribution in [0.1, 0.15) is 10.4 Å². The standard InChI is InChI=1S/C23H20ClN5O3/c1-32-21-14-20(28-10-2-3-11-28)19(24)13-18(21)23(31)25-15-22(30)27-16-5-7-17(8-6-16)29-12-4-9-26-29/h2-14H,15H2,1H3,(H,25,31)(H,27,30). The zero-order valence-electron chi connectivity index (χ0n) is 17.2. The minimum atomic E-state index is -0.466. The zero-order chi connectivity index (χ0) is 22.5. The van der Waals surface area contributed by atoms with E-state index in [4.69, 9.17) is 16.3 Å². The number of carbonyl (C=O) groups is 2. The van der Waals surface area contributed by atoms with Crippen LogP contribution in [0.4, 0.5) is 5.69 Å².